The Morgan fingerprint density at radius 1 is 1.25 bits per heavy atom. The van der Waals surface area contributed by atoms with Gasteiger partial charge in [0.1, 0.15) is 5.75 Å². The maximum absolute atomic E-state index is 8.96. The molecule has 2 N–H and O–H groups in total. The van der Waals surface area contributed by atoms with Gasteiger partial charge in [0.05, 0.1) is 0 Å². The summed E-state index contributed by atoms with van der Waals surface area (Å²) < 4.78 is 0. The largest absolute Gasteiger partial charge is 0.508 e. The van der Waals surface area contributed by atoms with Crippen molar-refractivity contribution in [1.29, 1.82) is 0 Å². The minimum absolute atomic E-state index is 0. The molecular formula is C9H14ClNO. The first-order valence-corrected chi connectivity index (χ1v) is 3.81. The predicted octanol–water partition coefficient (Wildman–Crippen LogP) is 1.92. The number of phenols is 1. The van der Waals surface area contributed by atoms with Crippen molar-refractivity contribution in [2.75, 3.05) is 6.54 Å². The van der Waals surface area contributed by atoms with E-state index in [0.717, 1.165) is 13.1 Å². The minimum atomic E-state index is 0. The quantitative estimate of drug-likeness (QED) is 0.758. The Kier molecular flexibility index (Phi) is 5.51. The lowest BCUT2D eigenvalue weighted by molar-refractivity contribution is 0.475. The first kappa shape index (κ1) is 11.3. The minimum Gasteiger partial charge on any atom is -0.508 e. The van der Waals surface area contributed by atoms with E-state index in [1.54, 1.807) is 12.1 Å². The third-order valence-corrected chi connectivity index (χ3v) is 1.52. The third kappa shape index (κ3) is 3.60. The highest BCUT2D eigenvalue weighted by Gasteiger charge is 1.90. The molecule has 0 amide bonds. The third-order valence-electron chi connectivity index (χ3n) is 1.52. The molecule has 1 aromatic carbocycles. The number of hydrogen-bond acceptors (Lipinski definition) is 2. The standard InChI is InChI=1S/C9H13NO.ClH/c1-2-10-7-8-3-5-9(11)6-4-8;/h3-6,10-11H,2,7H2,1H3;1H. The summed E-state index contributed by atoms with van der Waals surface area (Å²) in [6.07, 6.45) is 0. The average molecular weight is 188 g/mol. The van der Waals surface area contributed by atoms with Crippen LogP contribution >= 0.6 is 12.4 Å². The maximum atomic E-state index is 8.96. The fraction of sp³-hybridized carbons (Fsp3) is 0.333. The Bertz CT molecular complexity index is 210. The van der Waals surface area contributed by atoms with Gasteiger partial charge in [-0.25, -0.2) is 0 Å². The fourth-order valence-corrected chi connectivity index (χ4v) is 0.883. The molecule has 0 aromatic heterocycles. The van der Waals surface area contributed by atoms with Gasteiger partial charge in [0.2, 0.25) is 0 Å². The number of aromatic hydroxyl groups is 1. The summed E-state index contributed by atoms with van der Waals surface area (Å²) in [6, 6.07) is 7.23. The van der Waals surface area contributed by atoms with Gasteiger partial charge in [0, 0.05) is 6.54 Å². The average Bonchev–Trinajstić information content (AvgIpc) is 2.04. The maximum Gasteiger partial charge on any atom is 0.115 e. The zero-order chi connectivity index (χ0) is 8.10. The highest BCUT2D eigenvalue weighted by molar-refractivity contribution is 5.85. The van der Waals surface area contributed by atoms with Gasteiger partial charge in [-0.1, -0.05) is 19.1 Å². The summed E-state index contributed by atoms with van der Waals surface area (Å²) in [4.78, 5) is 0. The van der Waals surface area contributed by atoms with Crippen molar-refractivity contribution in [3.05, 3.63) is 29.8 Å². The number of nitrogens with one attached hydrogen (secondary N) is 1. The van der Waals surface area contributed by atoms with E-state index in [-0.39, 0.29) is 12.4 Å². The first-order valence-electron chi connectivity index (χ1n) is 3.81. The van der Waals surface area contributed by atoms with Crippen molar-refractivity contribution in [3.8, 4) is 5.75 Å². The van der Waals surface area contributed by atoms with Crippen LogP contribution < -0.4 is 5.32 Å². The van der Waals surface area contributed by atoms with Crippen LogP contribution in [-0.2, 0) is 6.54 Å². The van der Waals surface area contributed by atoms with Gasteiger partial charge in [0.15, 0.2) is 0 Å². The number of phenolic OH excluding ortho intramolecular Hbond substituents is 1. The van der Waals surface area contributed by atoms with Crippen LogP contribution in [0, 0.1) is 0 Å². The molecule has 0 aliphatic rings. The van der Waals surface area contributed by atoms with Crippen molar-refractivity contribution < 1.29 is 5.11 Å². The summed E-state index contributed by atoms with van der Waals surface area (Å²) in [5, 5.41) is 12.2. The predicted molar refractivity (Wildman–Crippen MR) is 52.7 cm³/mol. The number of hydrogen-bond donors (Lipinski definition) is 2. The second-order valence-corrected chi connectivity index (χ2v) is 2.45. The lowest BCUT2D eigenvalue weighted by Gasteiger charge is -2.00. The van der Waals surface area contributed by atoms with Crippen LogP contribution in [0.2, 0.25) is 0 Å². The fourth-order valence-electron chi connectivity index (χ4n) is 0.883. The van der Waals surface area contributed by atoms with E-state index >= 15 is 0 Å². The summed E-state index contributed by atoms with van der Waals surface area (Å²) in [5.74, 6) is 0.324. The van der Waals surface area contributed by atoms with Gasteiger partial charge in [-0.05, 0) is 24.2 Å². The molecule has 0 spiro atoms. The molecule has 68 valence electrons. The summed E-state index contributed by atoms with van der Waals surface area (Å²) in [5.41, 5.74) is 1.20. The molecule has 0 fully saturated rings. The Hall–Kier alpha value is -0.730. The van der Waals surface area contributed by atoms with Crippen molar-refractivity contribution >= 4 is 12.4 Å². The van der Waals surface area contributed by atoms with Crippen molar-refractivity contribution in [2.45, 2.75) is 13.5 Å². The number of rotatable bonds is 3. The van der Waals surface area contributed by atoms with Crippen LogP contribution in [0.5, 0.6) is 5.75 Å². The van der Waals surface area contributed by atoms with Crippen molar-refractivity contribution in [2.24, 2.45) is 0 Å². The molecule has 0 aliphatic heterocycles. The highest BCUT2D eigenvalue weighted by Crippen LogP contribution is 2.08. The molecule has 0 bridgehead atoms. The molecule has 0 saturated carbocycles. The van der Waals surface area contributed by atoms with E-state index in [2.05, 4.69) is 12.2 Å². The van der Waals surface area contributed by atoms with Crippen LogP contribution in [0.4, 0.5) is 0 Å². The number of halogens is 1. The lowest BCUT2D eigenvalue weighted by Crippen LogP contribution is -2.11. The monoisotopic (exact) mass is 187 g/mol. The zero-order valence-electron chi connectivity index (χ0n) is 7.08. The van der Waals surface area contributed by atoms with Crippen molar-refractivity contribution in [1.82, 2.24) is 5.32 Å². The van der Waals surface area contributed by atoms with Crippen LogP contribution in [0.1, 0.15) is 12.5 Å². The van der Waals surface area contributed by atoms with E-state index in [1.165, 1.54) is 5.56 Å². The molecular weight excluding hydrogens is 174 g/mol. The van der Waals surface area contributed by atoms with Gasteiger partial charge in [-0.2, -0.15) is 0 Å². The van der Waals surface area contributed by atoms with Gasteiger partial charge < -0.3 is 10.4 Å². The Labute approximate surface area is 79.0 Å². The van der Waals surface area contributed by atoms with Gasteiger partial charge >= 0.3 is 0 Å². The van der Waals surface area contributed by atoms with E-state index in [1.807, 2.05) is 12.1 Å². The van der Waals surface area contributed by atoms with Gasteiger partial charge in [-0.3, -0.25) is 0 Å². The molecule has 3 heteroatoms. The molecule has 2 nitrogen and oxygen atoms in total. The molecule has 1 aromatic rings. The molecule has 0 saturated heterocycles. The first-order chi connectivity index (χ1) is 5.33. The lowest BCUT2D eigenvalue weighted by atomic mass is 10.2. The molecule has 1 rings (SSSR count). The Morgan fingerprint density at radius 3 is 2.33 bits per heavy atom. The second-order valence-electron chi connectivity index (χ2n) is 2.45. The van der Waals surface area contributed by atoms with E-state index in [9.17, 15) is 0 Å². The molecule has 0 unspecified atom stereocenters. The van der Waals surface area contributed by atoms with E-state index in [0.29, 0.717) is 5.75 Å². The Balaban J connectivity index is 0.00000121. The normalized spacial score (nSPS) is 9.08. The summed E-state index contributed by atoms with van der Waals surface area (Å²) in [6.45, 7) is 3.91. The van der Waals surface area contributed by atoms with Crippen LogP contribution in [0.25, 0.3) is 0 Å². The molecule has 0 radical (unpaired) electrons. The second kappa shape index (κ2) is 5.86. The van der Waals surface area contributed by atoms with Crippen LogP contribution in [-0.4, -0.2) is 11.7 Å². The number of benzene rings is 1. The topological polar surface area (TPSA) is 32.3 Å². The van der Waals surface area contributed by atoms with Crippen molar-refractivity contribution in [3.63, 3.8) is 0 Å². The summed E-state index contributed by atoms with van der Waals surface area (Å²) >= 11 is 0. The highest BCUT2D eigenvalue weighted by atomic mass is 35.5. The van der Waals surface area contributed by atoms with Gasteiger partial charge in [-0.15, -0.1) is 12.4 Å². The smallest absolute Gasteiger partial charge is 0.115 e. The van der Waals surface area contributed by atoms with Gasteiger partial charge in [0.25, 0.3) is 0 Å². The molecule has 0 atom stereocenters. The Morgan fingerprint density at radius 2 is 1.83 bits per heavy atom. The molecule has 0 aliphatic carbocycles. The molecule has 12 heavy (non-hydrogen) atoms. The summed E-state index contributed by atoms with van der Waals surface area (Å²) in [7, 11) is 0. The SMILES string of the molecule is CCNCc1ccc(O)cc1.Cl. The van der Waals surface area contributed by atoms with E-state index < -0.39 is 0 Å². The van der Waals surface area contributed by atoms with Crippen LogP contribution in [0.3, 0.4) is 0 Å². The van der Waals surface area contributed by atoms with Crippen LogP contribution in [0.15, 0.2) is 24.3 Å². The van der Waals surface area contributed by atoms with E-state index in [4.69, 9.17) is 5.11 Å². The zero-order valence-corrected chi connectivity index (χ0v) is 7.90. The molecule has 0 heterocycles.